The van der Waals surface area contributed by atoms with E-state index in [-0.39, 0.29) is 21.6 Å². The molecule has 3 rings (SSSR count). The number of aromatic nitrogens is 3. The van der Waals surface area contributed by atoms with Gasteiger partial charge in [-0.2, -0.15) is 20.0 Å². The van der Waals surface area contributed by atoms with Crippen molar-refractivity contribution < 1.29 is 4.84 Å². The van der Waals surface area contributed by atoms with Crippen molar-refractivity contribution in [2.24, 2.45) is 5.92 Å². The molecule has 170 valence electrons. The second-order valence-corrected chi connectivity index (χ2v) is 10.9. The van der Waals surface area contributed by atoms with Crippen LogP contribution in [0.4, 0.5) is 5.95 Å². The maximum absolute atomic E-state index is 6.61. The minimum Gasteiger partial charge on any atom is -0.354 e. The average Bonchev–Trinajstić information content (AvgIpc) is 2.64. The van der Waals surface area contributed by atoms with Crippen LogP contribution < -0.4 is 5.32 Å². The molecule has 0 bridgehead atoms. The Kier molecular flexibility index (Phi) is 8.21. The van der Waals surface area contributed by atoms with Crippen LogP contribution in [0.3, 0.4) is 0 Å². The van der Waals surface area contributed by atoms with Gasteiger partial charge in [-0.1, -0.05) is 32.1 Å². The van der Waals surface area contributed by atoms with Crippen molar-refractivity contribution in [1.29, 1.82) is 0 Å². The van der Waals surface area contributed by atoms with Gasteiger partial charge in [0, 0.05) is 17.6 Å². The highest BCUT2D eigenvalue weighted by molar-refractivity contribution is 6.31. The molecule has 1 N–H and O–H groups in total. The molecule has 0 unspecified atom stereocenters. The van der Waals surface area contributed by atoms with Crippen LogP contribution in [0.2, 0.25) is 10.6 Å². The van der Waals surface area contributed by atoms with E-state index >= 15 is 0 Å². The van der Waals surface area contributed by atoms with Crippen LogP contribution in [-0.4, -0.2) is 43.7 Å². The Hall–Kier alpha value is -0.690. The Morgan fingerprint density at radius 1 is 0.933 bits per heavy atom. The lowest BCUT2D eigenvalue weighted by Crippen LogP contribution is -2.61. The van der Waals surface area contributed by atoms with Gasteiger partial charge in [0.25, 0.3) is 0 Å². The molecule has 1 aliphatic heterocycles. The molecule has 1 aliphatic carbocycles. The van der Waals surface area contributed by atoms with Gasteiger partial charge in [0.1, 0.15) is 0 Å². The second-order valence-electron chi connectivity index (χ2n) is 10.2. The molecule has 1 aromatic rings. The zero-order valence-electron chi connectivity index (χ0n) is 18.9. The SMILES string of the molecule is CC1(C)CC(CCCCNc2nc(Cl)nc(Cl)n2)CC(C)(C)N1OC1CCCCC1. The lowest BCUT2D eigenvalue weighted by Gasteiger charge is -2.55. The molecule has 30 heavy (non-hydrogen) atoms. The van der Waals surface area contributed by atoms with Crippen LogP contribution in [0.1, 0.15) is 91.9 Å². The predicted octanol–water partition coefficient (Wildman–Crippen LogP) is 6.29. The van der Waals surface area contributed by atoms with E-state index in [1.807, 2.05) is 0 Å². The van der Waals surface area contributed by atoms with E-state index in [9.17, 15) is 0 Å². The van der Waals surface area contributed by atoms with Crippen molar-refractivity contribution in [3.63, 3.8) is 0 Å². The first kappa shape index (κ1) is 24.0. The van der Waals surface area contributed by atoms with Crippen molar-refractivity contribution in [2.45, 2.75) is 109 Å². The summed E-state index contributed by atoms with van der Waals surface area (Å²) < 4.78 is 0. The van der Waals surface area contributed by atoms with Gasteiger partial charge in [-0.05, 0) is 88.9 Å². The summed E-state index contributed by atoms with van der Waals surface area (Å²) in [4.78, 5) is 18.5. The number of rotatable bonds is 8. The minimum atomic E-state index is 0.0560. The maximum atomic E-state index is 6.61. The van der Waals surface area contributed by atoms with Gasteiger partial charge in [-0.25, -0.2) is 0 Å². The fraction of sp³-hybridized carbons (Fsp3) is 0.864. The molecule has 0 amide bonds. The molecule has 1 aromatic heterocycles. The van der Waals surface area contributed by atoms with Gasteiger partial charge in [0.2, 0.25) is 16.5 Å². The third kappa shape index (κ3) is 6.65. The molecule has 6 nitrogen and oxygen atoms in total. The molecule has 0 aromatic carbocycles. The Morgan fingerprint density at radius 2 is 1.53 bits per heavy atom. The van der Waals surface area contributed by atoms with E-state index in [0.717, 1.165) is 13.0 Å². The number of hydrogen-bond acceptors (Lipinski definition) is 6. The largest absolute Gasteiger partial charge is 0.354 e. The third-order valence-electron chi connectivity index (χ3n) is 6.39. The van der Waals surface area contributed by atoms with Crippen molar-refractivity contribution in [1.82, 2.24) is 20.0 Å². The predicted molar refractivity (Wildman–Crippen MR) is 123 cm³/mol. The van der Waals surface area contributed by atoms with Crippen LogP contribution >= 0.6 is 23.2 Å². The molecular weight excluding hydrogens is 421 g/mol. The van der Waals surface area contributed by atoms with Crippen LogP contribution in [0.5, 0.6) is 0 Å². The van der Waals surface area contributed by atoms with Crippen molar-refractivity contribution >= 4 is 29.2 Å². The van der Waals surface area contributed by atoms with Crippen LogP contribution in [0, 0.1) is 5.92 Å². The van der Waals surface area contributed by atoms with E-state index in [1.54, 1.807) is 0 Å². The summed E-state index contributed by atoms with van der Waals surface area (Å²) in [5.41, 5.74) is 0.112. The number of unbranched alkanes of at least 4 members (excludes halogenated alkanes) is 1. The lowest BCUT2D eigenvalue weighted by atomic mass is 9.73. The van der Waals surface area contributed by atoms with Gasteiger partial charge in [0.05, 0.1) is 6.10 Å². The monoisotopic (exact) mass is 457 g/mol. The van der Waals surface area contributed by atoms with Crippen molar-refractivity contribution in [3.05, 3.63) is 10.6 Å². The summed E-state index contributed by atoms with van der Waals surface area (Å²) in [7, 11) is 0. The number of hydroxylamine groups is 2. The maximum Gasteiger partial charge on any atom is 0.228 e. The quantitative estimate of drug-likeness (QED) is 0.462. The summed E-state index contributed by atoms with van der Waals surface area (Å²) in [5, 5.41) is 5.77. The Morgan fingerprint density at radius 3 is 2.13 bits per heavy atom. The molecular formula is C22H37Cl2N5O. The highest BCUT2D eigenvalue weighted by Crippen LogP contribution is 2.44. The molecule has 1 saturated heterocycles. The Balaban J connectivity index is 1.45. The Labute approximate surface area is 191 Å². The Bertz CT molecular complexity index is 656. The van der Waals surface area contributed by atoms with Gasteiger partial charge in [-0.15, -0.1) is 0 Å². The zero-order valence-corrected chi connectivity index (χ0v) is 20.4. The van der Waals surface area contributed by atoms with Crippen LogP contribution in [0.15, 0.2) is 0 Å². The van der Waals surface area contributed by atoms with E-state index < -0.39 is 0 Å². The number of halogens is 2. The number of anilines is 1. The number of hydrogen-bond donors (Lipinski definition) is 1. The van der Waals surface area contributed by atoms with Crippen molar-refractivity contribution in [2.75, 3.05) is 11.9 Å². The van der Waals surface area contributed by atoms with Crippen molar-refractivity contribution in [3.8, 4) is 0 Å². The molecule has 2 aliphatic rings. The fourth-order valence-corrected chi connectivity index (χ4v) is 5.81. The molecule has 0 radical (unpaired) electrons. The standard InChI is InChI=1S/C22H37Cl2N5O/c1-21(2)14-16(10-8-9-13-25-20-27-18(23)26-19(24)28-20)15-22(3,4)29(21)30-17-11-6-5-7-12-17/h16-17H,5-15H2,1-4H3,(H,25,26,27,28). The summed E-state index contributed by atoms with van der Waals surface area (Å²) in [6.07, 6.45) is 12.6. The highest BCUT2D eigenvalue weighted by atomic mass is 35.5. The summed E-state index contributed by atoms with van der Waals surface area (Å²) >= 11 is 11.6. The minimum absolute atomic E-state index is 0.0560. The zero-order chi connectivity index (χ0) is 21.8. The summed E-state index contributed by atoms with van der Waals surface area (Å²) in [6.45, 7) is 10.2. The first-order valence-corrected chi connectivity index (χ1v) is 12.2. The van der Waals surface area contributed by atoms with E-state index in [4.69, 9.17) is 28.0 Å². The van der Waals surface area contributed by atoms with E-state index in [2.05, 4.69) is 53.0 Å². The molecule has 2 fully saturated rings. The van der Waals surface area contributed by atoms with Gasteiger partial charge in [0.15, 0.2) is 0 Å². The first-order valence-electron chi connectivity index (χ1n) is 11.4. The normalized spacial score (nSPS) is 22.9. The molecule has 1 saturated carbocycles. The average molecular weight is 458 g/mol. The number of piperidine rings is 1. The number of nitrogens with one attached hydrogen (secondary N) is 1. The molecule has 0 atom stereocenters. The highest BCUT2D eigenvalue weighted by Gasteiger charge is 2.47. The molecule has 8 heteroatoms. The van der Waals surface area contributed by atoms with Crippen LogP contribution in [0.25, 0.3) is 0 Å². The smallest absolute Gasteiger partial charge is 0.228 e. The van der Waals surface area contributed by atoms with Crippen LogP contribution in [-0.2, 0) is 4.84 Å². The molecule has 2 heterocycles. The summed E-state index contributed by atoms with van der Waals surface area (Å²) in [5.74, 6) is 1.15. The first-order chi connectivity index (χ1) is 14.2. The third-order valence-corrected chi connectivity index (χ3v) is 6.72. The fourth-order valence-electron chi connectivity index (χ4n) is 5.44. The van der Waals surface area contributed by atoms with Gasteiger partial charge in [-0.3, -0.25) is 4.84 Å². The lowest BCUT2D eigenvalue weighted by molar-refractivity contribution is -0.314. The van der Waals surface area contributed by atoms with Gasteiger partial charge < -0.3 is 5.32 Å². The number of nitrogens with zero attached hydrogens (tertiary/aromatic N) is 4. The van der Waals surface area contributed by atoms with E-state index in [1.165, 1.54) is 57.8 Å². The summed E-state index contributed by atoms with van der Waals surface area (Å²) in [6, 6.07) is 0. The van der Waals surface area contributed by atoms with Gasteiger partial charge >= 0.3 is 0 Å². The topological polar surface area (TPSA) is 63.2 Å². The molecule has 0 spiro atoms. The second kappa shape index (κ2) is 10.3. The van der Waals surface area contributed by atoms with E-state index in [0.29, 0.717) is 18.0 Å².